The zero-order valence-corrected chi connectivity index (χ0v) is 11.6. The number of nitrogens with one attached hydrogen (secondary N) is 1. The minimum atomic E-state index is -0.952. The average molecular weight is 273 g/mol. The topological polar surface area (TPSA) is 66.4 Å². The van der Waals surface area contributed by atoms with Crippen LogP contribution in [0.1, 0.15) is 23.5 Å². The van der Waals surface area contributed by atoms with Gasteiger partial charge in [-0.3, -0.25) is 9.59 Å². The molecule has 17 heavy (non-hydrogen) atoms. The van der Waals surface area contributed by atoms with Crippen molar-refractivity contribution in [3.05, 3.63) is 16.3 Å². The molecule has 0 aliphatic heterocycles. The standard InChI is InChI=1S/C11H15NO3S2/c1-11(2,10(14)15)6-12-9(13)8-7(16-3)4-5-17-8/h4-5H,6H2,1-3H3,(H,12,13)(H,14,15). The first kappa shape index (κ1) is 14.1. The van der Waals surface area contributed by atoms with Crippen molar-refractivity contribution in [1.29, 1.82) is 0 Å². The number of thioether (sulfide) groups is 1. The summed E-state index contributed by atoms with van der Waals surface area (Å²) in [5, 5.41) is 13.4. The number of aliphatic carboxylic acids is 1. The Hall–Kier alpha value is -1.01. The van der Waals surface area contributed by atoms with E-state index < -0.39 is 11.4 Å². The summed E-state index contributed by atoms with van der Waals surface area (Å²) in [6, 6.07) is 1.88. The van der Waals surface area contributed by atoms with Crippen LogP contribution in [0, 0.1) is 5.41 Å². The van der Waals surface area contributed by atoms with Gasteiger partial charge in [0.25, 0.3) is 5.91 Å². The van der Waals surface area contributed by atoms with Gasteiger partial charge in [0.15, 0.2) is 0 Å². The molecule has 1 amide bonds. The van der Waals surface area contributed by atoms with E-state index in [2.05, 4.69) is 5.32 Å². The van der Waals surface area contributed by atoms with Crippen molar-refractivity contribution in [2.75, 3.05) is 12.8 Å². The van der Waals surface area contributed by atoms with Gasteiger partial charge in [-0.2, -0.15) is 0 Å². The first-order chi connectivity index (χ1) is 7.88. The molecule has 0 aliphatic rings. The third-order valence-electron chi connectivity index (χ3n) is 2.33. The minimum absolute atomic E-state index is 0.118. The smallest absolute Gasteiger partial charge is 0.310 e. The Kier molecular flexibility index (Phi) is 4.59. The molecule has 0 bridgehead atoms. The zero-order valence-electron chi connectivity index (χ0n) is 9.94. The predicted molar refractivity (Wildman–Crippen MR) is 69.9 cm³/mol. The van der Waals surface area contributed by atoms with Crippen LogP contribution in [0.5, 0.6) is 0 Å². The lowest BCUT2D eigenvalue weighted by molar-refractivity contribution is -0.146. The monoisotopic (exact) mass is 273 g/mol. The number of carboxylic acid groups (broad SMARTS) is 1. The lowest BCUT2D eigenvalue weighted by Crippen LogP contribution is -2.38. The fourth-order valence-electron chi connectivity index (χ4n) is 1.08. The Bertz CT molecular complexity index is 426. The highest BCUT2D eigenvalue weighted by molar-refractivity contribution is 7.98. The lowest BCUT2D eigenvalue weighted by atomic mass is 9.94. The maximum atomic E-state index is 11.8. The summed E-state index contributed by atoms with van der Waals surface area (Å²) in [5.41, 5.74) is -0.952. The highest BCUT2D eigenvalue weighted by atomic mass is 32.2. The average Bonchev–Trinajstić information content (AvgIpc) is 2.73. The quantitative estimate of drug-likeness (QED) is 0.808. The Labute approximate surface area is 108 Å². The van der Waals surface area contributed by atoms with Gasteiger partial charge >= 0.3 is 5.97 Å². The number of carbonyl (C=O) groups is 2. The molecule has 4 nitrogen and oxygen atoms in total. The largest absolute Gasteiger partial charge is 0.481 e. The summed E-state index contributed by atoms with van der Waals surface area (Å²) >= 11 is 2.86. The second-order valence-corrected chi connectivity index (χ2v) is 5.95. The van der Waals surface area contributed by atoms with Gasteiger partial charge in [0.2, 0.25) is 0 Å². The van der Waals surface area contributed by atoms with Crippen molar-refractivity contribution in [1.82, 2.24) is 5.32 Å². The van der Waals surface area contributed by atoms with Crippen LogP contribution in [0.3, 0.4) is 0 Å². The van der Waals surface area contributed by atoms with E-state index in [9.17, 15) is 9.59 Å². The van der Waals surface area contributed by atoms with Crippen molar-refractivity contribution in [3.63, 3.8) is 0 Å². The van der Waals surface area contributed by atoms with Gasteiger partial charge in [0.1, 0.15) is 4.88 Å². The van der Waals surface area contributed by atoms with Crippen molar-refractivity contribution in [2.24, 2.45) is 5.41 Å². The normalized spacial score (nSPS) is 11.2. The molecule has 94 valence electrons. The van der Waals surface area contributed by atoms with E-state index in [1.807, 2.05) is 17.7 Å². The number of hydrogen-bond donors (Lipinski definition) is 2. The Morgan fingerprint density at radius 1 is 1.53 bits per heavy atom. The zero-order chi connectivity index (χ0) is 13.1. The van der Waals surface area contributed by atoms with Gasteiger partial charge in [-0.25, -0.2) is 0 Å². The molecule has 0 unspecified atom stereocenters. The third-order valence-corrected chi connectivity index (χ3v) is 4.15. The highest BCUT2D eigenvalue weighted by Gasteiger charge is 2.28. The highest BCUT2D eigenvalue weighted by Crippen LogP contribution is 2.25. The van der Waals surface area contributed by atoms with Crippen molar-refractivity contribution >= 4 is 35.0 Å². The number of thiophene rings is 1. The Morgan fingerprint density at radius 3 is 2.71 bits per heavy atom. The summed E-state index contributed by atoms with van der Waals surface area (Å²) < 4.78 is 0. The van der Waals surface area contributed by atoms with Crippen LogP contribution in [0.25, 0.3) is 0 Å². The number of rotatable bonds is 5. The van der Waals surface area contributed by atoms with Gasteiger partial charge in [-0.05, 0) is 31.5 Å². The van der Waals surface area contributed by atoms with Crippen LogP contribution in [0.15, 0.2) is 16.3 Å². The first-order valence-electron chi connectivity index (χ1n) is 5.01. The molecular weight excluding hydrogens is 258 g/mol. The van der Waals surface area contributed by atoms with Gasteiger partial charge in [-0.1, -0.05) is 0 Å². The molecule has 1 aromatic rings. The lowest BCUT2D eigenvalue weighted by Gasteiger charge is -2.19. The van der Waals surface area contributed by atoms with Gasteiger partial charge in [0, 0.05) is 11.4 Å². The van der Waals surface area contributed by atoms with E-state index in [1.54, 1.807) is 13.8 Å². The van der Waals surface area contributed by atoms with E-state index in [-0.39, 0.29) is 12.5 Å². The molecule has 1 heterocycles. The van der Waals surface area contributed by atoms with Crippen LogP contribution in [0.2, 0.25) is 0 Å². The number of carbonyl (C=O) groups excluding carboxylic acids is 1. The van der Waals surface area contributed by atoms with Crippen molar-refractivity contribution in [2.45, 2.75) is 18.7 Å². The molecule has 2 N–H and O–H groups in total. The molecule has 1 rings (SSSR count). The van der Waals surface area contributed by atoms with Gasteiger partial charge < -0.3 is 10.4 Å². The Balaban J connectivity index is 2.65. The molecule has 0 spiro atoms. The van der Waals surface area contributed by atoms with E-state index in [4.69, 9.17) is 5.11 Å². The van der Waals surface area contributed by atoms with E-state index in [0.717, 1.165) is 4.90 Å². The summed E-state index contributed by atoms with van der Waals surface area (Å²) in [6.45, 7) is 3.28. The van der Waals surface area contributed by atoms with Crippen molar-refractivity contribution in [3.8, 4) is 0 Å². The minimum Gasteiger partial charge on any atom is -0.481 e. The maximum Gasteiger partial charge on any atom is 0.310 e. The summed E-state index contributed by atoms with van der Waals surface area (Å²) in [7, 11) is 0. The molecule has 6 heteroatoms. The molecule has 0 radical (unpaired) electrons. The van der Waals surface area contributed by atoms with E-state index >= 15 is 0 Å². The van der Waals surface area contributed by atoms with Crippen LogP contribution in [-0.2, 0) is 4.79 Å². The number of carboxylic acids is 1. The van der Waals surface area contributed by atoms with Gasteiger partial charge in [0.05, 0.1) is 5.41 Å². The number of amides is 1. The maximum absolute atomic E-state index is 11.8. The van der Waals surface area contributed by atoms with E-state index in [1.165, 1.54) is 23.1 Å². The molecule has 0 aromatic carbocycles. The van der Waals surface area contributed by atoms with Crippen molar-refractivity contribution < 1.29 is 14.7 Å². The fraction of sp³-hybridized carbons (Fsp3) is 0.455. The first-order valence-corrected chi connectivity index (χ1v) is 7.12. The molecule has 0 saturated carbocycles. The van der Waals surface area contributed by atoms with Crippen LogP contribution < -0.4 is 5.32 Å². The summed E-state index contributed by atoms with van der Waals surface area (Å²) in [6.07, 6.45) is 1.90. The van der Waals surface area contributed by atoms with Crippen LogP contribution >= 0.6 is 23.1 Å². The number of hydrogen-bond acceptors (Lipinski definition) is 4. The molecular formula is C11H15NO3S2. The molecule has 1 aromatic heterocycles. The Morgan fingerprint density at radius 2 is 2.18 bits per heavy atom. The fourth-order valence-corrected chi connectivity index (χ4v) is 2.75. The second-order valence-electron chi connectivity index (χ2n) is 4.19. The summed E-state index contributed by atoms with van der Waals surface area (Å²) in [4.78, 5) is 24.3. The second kappa shape index (κ2) is 5.55. The molecule has 0 fully saturated rings. The molecule has 0 saturated heterocycles. The summed E-state index contributed by atoms with van der Waals surface area (Å²) in [5.74, 6) is -1.13. The van der Waals surface area contributed by atoms with Crippen LogP contribution in [0.4, 0.5) is 0 Å². The molecule has 0 aliphatic carbocycles. The van der Waals surface area contributed by atoms with Gasteiger partial charge in [-0.15, -0.1) is 23.1 Å². The SMILES string of the molecule is CSc1ccsc1C(=O)NCC(C)(C)C(=O)O. The third kappa shape index (κ3) is 3.47. The van der Waals surface area contributed by atoms with E-state index in [0.29, 0.717) is 4.88 Å². The molecule has 0 atom stereocenters. The van der Waals surface area contributed by atoms with Crippen LogP contribution in [-0.4, -0.2) is 29.8 Å². The predicted octanol–water partition coefficient (Wildman–Crippen LogP) is 2.31.